The van der Waals surface area contributed by atoms with Crippen LogP contribution in [0.15, 0.2) is 0 Å². The molecule has 1 atom stereocenters. The molecule has 0 aliphatic heterocycles. The van der Waals surface area contributed by atoms with Crippen LogP contribution in [0, 0.1) is 0 Å². The van der Waals surface area contributed by atoms with Gasteiger partial charge in [-0.3, -0.25) is 0 Å². The first-order valence-corrected chi connectivity index (χ1v) is 4.36. The smallest absolute Gasteiger partial charge is 0.119 e. The fourth-order valence-corrected chi connectivity index (χ4v) is 0.732. The van der Waals surface area contributed by atoms with Gasteiger partial charge in [0, 0.05) is 13.0 Å². The van der Waals surface area contributed by atoms with E-state index in [-0.39, 0.29) is 0 Å². The maximum Gasteiger partial charge on any atom is 0.119 e. The Morgan fingerprint density at radius 3 is 2.73 bits per heavy atom. The van der Waals surface area contributed by atoms with Crippen LogP contribution in [0.1, 0.15) is 39.5 Å². The Kier molecular flexibility index (Phi) is 7.47. The summed E-state index contributed by atoms with van der Waals surface area (Å²) in [4.78, 5) is 9.92. The second kappa shape index (κ2) is 7.73. The topological polar surface area (TPSA) is 26.3 Å². The van der Waals surface area contributed by atoms with Crippen LogP contribution in [0.5, 0.6) is 0 Å². The predicted molar refractivity (Wildman–Crippen MR) is 45.6 cm³/mol. The van der Waals surface area contributed by atoms with Crippen molar-refractivity contribution >= 4 is 6.29 Å². The summed E-state index contributed by atoms with van der Waals surface area (Å²) in [5, 5.41) is 0. The van der Waals surface area contributed by atoms with Crippen LogP contribution in [0.25, 0.3) is 0 Å². The first-order valence-electron chi connectivity index (χ1n) is 4.36. The van der Waals surface area contributed by atoms with E-state index >= 15 is 0 Å². The van der Waals surface area contributed by atoms with Gasteiger partial charge in [0.25, 0.3) is 0 Å². The Balaban J connectivity index is 2.95. The largest absolute Gasteiger partial charge is 0.379 e. The highest BCUT2D eigenvalue weighted by Gasteiger charge is 1.96. The number of hydrogen-bond acceptors (Lipinski definition) is 2. The SMILES string of the molecule is CCC(C)OCCCCC=O. The minimum Gasteiger partial charge on any atom is -0.379 e. The fraction of sp³-hybridized carbons (Fsp3) is 0.889. The molecule has 1 unspecified atom stereocenters. The molecule has 0 aromatic rings. The van der Waals surface area contributed by atoms with E-state index in [1.165, 1.54) is 0 Å². The van der Waals surface area contributed by atoms with E-state index in [0.29, 0.717) is 12.5 Å². The quantitative estimate of drug-likeness (QED) is 0.419. The highest BCUT2D eigenvalue weighted by Crippen LogP contribution is 1.99. The van der Waals surface area contributed by atoms with Gasteiger partial charge in [-0.15, -0.1) is 0 Å². The second-order valence-corrected chi connectivity index (χ2v) is 2.75. The maximum absolute atomic E-state index is 9.92. The molecule has 0 aliphatic rings. The molecule has 0 rings (SSSR count). The zero-order chi connectivity index (χ0) is 8.53. The first-order chi connectivity index (χ1) is 5.31. The summed E-state index contributed by atoms with van der Waals surface area (Å²) in [6.45, 7) is 4.97. The summed E-state index contributed by atoms with van der Waals surface area (Å²) in [6.07, 6.45) is 5.02. The molecule has 0 saturated carbocycles. The average molecular weight is 158 g/mol. The van der Waals surface area contributed by atoms with Crippen molar-refractivity contribution in [3.8, 4) is 0 Å². The van der Waals surface area contributed by atoms with Gasteiger partial charge in [0.05, 0.1) is 6.10 Å². The number of carbonyl (C=O) groups excluding carboxylic acids is 1. The van der Waals surface area contributed by atoms with Gasteiger partial charge in [0.2, 0.25) is 0 Å². The molecule has 0 aromatic heterocycles. The average Bonchev–Trinajstić information content (AvgIpc) is 2.04. The Hall–Kier alpha value is -0.370. The minimum atomic E-state index is 0.367. The third kappa shape index (κ3) is 7.53. The van der Waals surface area contributed by atoms with Crippen molar-refractivity contribution in [1.29, 1.82) is 0 Å². The molecule has 11 heavy (non-hydrogen) atoms. The predicted octanol–water partition coefficient (Wildman–Crippen LogP) is 2.17. The van der Waals surface area contributed by atoms with Crippen LogP contribution in [0.2, 0.25) is 0 Å². The first kappa shape index (κ1) is 10.6. The molecule has 0 heterocycles. The molecule has 66 valence electrons. The van der Waals surface area contributed by atoms with Crippen LogP contribution >= 0.6 is 0 Å². The van der Waals surface area contributed by atoms with E-state index in [4.69, 9.17) is 4.74 Å². The highest BCUT2D eigenvalue weighted by atomic mass is 16.5. The van der Waals surface area contributed by atoms with Gasteiger partial charge < -0.3 is 9.53 Å². The van der Waals surface area contributed by atoms with Gasteiger partial charge in [-0.2, -0.15) is 0 Å². The molecule has 2 heteroatoms. The van der Waals surface area contributed by atoms with Crippen molar-refractivity contribution in [2.45, 2.75) is 45.6 Å². The number of ether oxygens (including phenoxy) is 1. The number of rotatable bonds is 7. The third-order valence-corrected chi connectivity index (χ3v) is 1.69. The normalized spacial score (nSPS) is 12.9. The third-order valence-electron chi connectivity index (χ3n) is 1.69. The van der Waals surface area contributed by atoms with Gasteiger partial charge in [0.1, 0.15) is 6.29 Å². The van der Waals surface area contributed by atoms with Crippen molar-refractivity contribution in [2.24, 2.45) is 0 Å². The molecule has 0 aromatic carbocycles. The lowest BCUT2D eigenvalue weighted by Gasteiger charge is -2.09. The number of carbonyl (C=O) groups is 1. The molecular weight excluding hydrogens is 140 g/mol. The van der Waals surface area contributed by atoms with Crippen molar-refractivity contribution < 1.29 is 9.53 Å². The Morgan fingerprint density at radius 2 is 2.18 bits per heavy atom. The summed E-state index contributed by atoms with van der Waals surface area (Å²) in [5.74, 6) is 0. The summed E-state index contributed by atoms with van der Waals surface area (Å²) < 4.78 is 5.42. The number of unbranched alkanes of at least 4 members (excludes halogenated alkanes) is 2. The summed E-state index contributed by atoms with van der Waals surface area (Å²) in [7, 11) is 0. The Bertz CT molecular complexity index is 91.6. The molecule has 0 fully saturated rings. The van der Waals surface area contributed by atoms with Crippen molar-refractivity contribution in [3.63, 3.8) is 0 Å². The Morgan fingerprint density at radius 1 is 1.45 bits per heavy atom. The summed E-state index contributed by atoms with van der Waals surface area (Å²) in [6, 6.07) is 0. The fourth-order valence-electron chi connectivity index (χ4n) is 0.732. The number of aldehydes is 1. The summed E-state index contributed by atoms with van der Waals surface area (Å²) >= 11 is 0. The van der Waals surface area contributed by atoms with Crippen LogP contribution in [-0.2, 0) is 9.53 Å². The molecule has 0 N–H and O–H groups in total. The van der Waals surface area contributed by atoms with Gasteiger partial charge in [0.15, 0.2) is 0 Å². The molecule has 0 radical (unpaired) electrons. The van der Waals surface area contributed by atoms with E-state index in [2.05, 4.69) is 13.8 Å². The van der Waals surface area contributed by atoms with Gasteiger partial charge in [-0.1, -0.05) is 6.92 Å². The van der Waals surface area contributed by atoms with Crippen molar-refractivity contribution in [3.05, 3.63) is 0 Å². The molecule has 0 spiro atoms. The summed E-state index contributed by atoms with van der Waals surface area (Å²) in [5.41, 5.74) is 0. The van der Waals surface area contributed by atoms with Crippen LogP contribution in [-0.4, -0.2) is 19.0 Å². The van der Waals surface area contributed by atoms with Crippen LogP contribution in [0.3, 0.4) is 0 Å². The molecule has 0 bridgehead atoms. The lowest BCUT2D eigenvalue weighted by atomic mass is 10.2. The van der Waals surface area contributed by atoms with E-state index in [1.54, 1.807) is 0 Å². The van der Waals surface area contributed by atoms with Crippen molar-refractivity contribution in [1.82, 2.24) is 0 Å². The zero-order valence-corrected chi connectivity index (χ0v) is 7.51. The number of hydrogen-bond donors (Lipinski definition) is 0. The maximum atomic E-state index is 9.92. The van der Waals surface area contributed by atoms with Crippen LogP contribution < -0.4 is 0 Å². The van der Waals surface area contributed by atoms with E-state index < -0.39 is 0 Å². The van der Waals surface area contributed by atoms with Gasteiger partial charge in [-0.25, -0.2) is 0 Å². The van der Waals surface area contributed by atoms with E-state index in [1.807, 2.05) is 0 Å². The standard InChI is InChI=1S/C9H18O2/c1-3-9(2)11-8-6-4-5-7-10/h7,9H,3-6,8H2,1-2H3. The highest BCUT2D eigenvalue weighted by molar-refractivity contribution is 5.48. The molecule has 0 saturated heterocycles. The zero-order valence-electron chi connectivity index (χ0n) is 7.51. The Labute approximate surface area is 68.9 Å². The molecule has 0 amide bonds. The molecule has 2 nitrogen and oxygen atoms in total. The van der Waals surface area contributed by atoms with Crippen molar-refractivity contribution in [2.75, 3.05) is 6.61 Å². The van der Waals surface area contributed by atoms with E-state index in [0.717, 1.165) is 32.2 Å². The lowest BCUT2D eigenvalue weighted by Crippen LogP contribution is -2.07. The molecular formula is C9H18O2. The minimum absolute atomic E-state index is 0.367. The van der Waals surface area contributed by atoms with E-state index in [9.17, 15) is 4.79 Å². The van der Waals surface area contributed by atoms with Gasteiger partial charge >= 0.3 is 0 Å². The molecule has 0 aliphatic carbocycles. The van der Waals surface area contributed by atoms with Crippen LogP contribution in [0.4, 0.5) is 0 Å². The lowest BCUT2D eigenvalue weighted by molar-refractivity contribution is -0.108. The van der Waals surface area contributed by atoms with Gasteiger partial charge in [-0.05, 0) is 26.2 Å². The second-order valence-electron chi connectivity index (χ2n) is 2.75. The monoisotopic (exact) mass is 158 g/mol.